The van der Waals surface area contributed by atoms with Gasteiger partial charge in [-0.2, -0.15) is 0 Å². The fraction of sp³-hybridized carbons (Fsp3) is 0.900. The van der Waals surface area contributed by atoms with Gasteiger partial charge < -0.3 is 10.4 Å². The molecule has 0 saturated carbocycles. The average Bonchev–Trinajstić information content (AvgIpc) is 2.59. The van der Waals surface area contributed by atoms with Gasteiger partial charge in [-0.3, -0.25) is 9.59 Å². The molecule has 0 atom stereocenters. The lowest BCUT2D eigenvalue weighted by atomic mass is 10.4. The third kappa shape index (κ3) is 18.0. The Morgan fingerprint density at radius 2 is 1.08 bits per heavy atom. The number of unbranched alkanes of at least 4 members (excludes halogenated alkanes) is 4. The Balaban J connectivity index is 0. The van der Waals surface area contributed by atoms with Crippen LogP contribution < -0.4 is 5.32 Å². The molecular weight excluding hydrogens is 333 g/mol. The van der Waals surface area contributed by atoms with E-state index in [0.717, 1.165) is 0 Å². The highest BCUT2D eigenvalue weighted by molar-refractivity contribution is 7.75. The van der Waals surface area contributed by atoms with Gasteiger partial charge in [0, 0.05) is 14.2 Å². The molecule has 0 spiro atoms. The van der Waals surface area contributed by atoms with Gasteiger partial charge in [0.1, 0.15) is 6.54 Å². The molecule has 0 aliphatic heterocycles. The summed E-state index contributed by atoms with van der Waals surface area (Å²) in [6.07, 6.45) is 17.9. The smallest absolute Gasteiger partial charge is 0.322 e. The van der Waals surface area contributed by atoms with Crippen LogP contribution >= 0.6 is 7.26 Å². The first-order valence-corrected chi connectivity index (χ1v) is 12.7. The number of hydrogen-bond donors (Lipinski definition) is 2. The molecule has 0 fully saturated rings. The van der Waals surface area contributed by atoms with Gasteiger partial charge in [-0.1, -0.05) is 53.4 Å². The monoisotopic (exact) mass is 376 g/mol. The van der Waals surface area contributed by atoms with Crippen LogP contribution in [0.5, 0.6) is 0 Å². The van der Waals surface area contributed by atoms with E-state index in [1.807, 2.05) is 0 Å². The van der Waals surface area contributed by atoms with Gasteiger partial charge in [0.25, 0.3) is 0 Å². The van der Waals surface area contributed by atoms with Gasteiger partial charge in [0.05, 0.1) is 24.6 Å². The molecule has 5 heteroatoms. The Kier molecular flexibility index (Phi) is 19.3. The van der Waals surface area contributed by atoms with Crippen molar-refractivity contribution in [2.24, 2.45) is 0 Å². The van der Waals surface area contributed by atoms with Crippen molar-refractivity contribution in [1.29, 1.82) is 0 Å². The van der Waals surface area contributed by atoms with Gasteiger partial charge in [0.15, 0.2) is 0 Å². The molecule has 0 aromatic rings. The maximum atomic E-state index is 9.97. The molecule has 0 heterocycles. The molecule has 0 aromatic heterocycles. The molecule has 0 aliphatic carbocycles. The Labute approximate surface area is 156 Å². The van der Waals surface area contributed by atoms with Crippen LogP contribution in [-0.2, 0) is 9.59 Å². The molecule has 0 aromatic carbocycles. The first-order chi connectivity index (χ1) is 11.9. The molecular formula is C20H43NO3P+. The first-order valence-electron chi connectivity index (χ1n) is 10.2. The largest absolute Gasteiger partial charge is 0.480 e. The van der Waals surface area contributed by atoms with Gasteiger partial charge in [-0.25, -0.2) is 0 Å². The zero-order valence-electron chi connectivity index (χ0n) is 17.4. The Bertz CT molecular complexity index is 283. The van der Waals surface area contributed by atoms with Crippen LogP contribution in [-0.4, -0.2) is 48.2 Å². The van der Waals surface area contributed by atoms with Crippen LogP contribution in [0.4, 0.5) is 0 Å². The topological polar surface area (TPSA) is 66.4 Å². The van der Waals surface area contributed by atoms with E-state index in [9.17, 15) is 9.59 Å². The quantitative estimate of drug-likeness (QED) is 0.398. The number of nitrogens with one attached hydrogen (secondary N) is 1. The second-order valence-corrected chi connectivity index (χ2v) is 11.4. The van der Waals surface area contributed by atoms with Crippen LogP contribution in [0.2, 0.25) is 0 Å². The van der Waals surface area contributed by atoms with Crippen molar-refractivity contribution in [2.75, 3.05) is 31.2 Å². The lowest BCUT2D eigenvalue weighted by Crippen LogP contribution is -2.26. The molecule has 0 bridgehead atoms. The Hall–Kier alpha value is -0.630. The van der Waals surface area contributed by atoms with E-state index in [4.69, 9.17) is 5.11 Å². The summed E-state index contributed by atoms with van der Waals surface area (Å²) in [7, 11) is -0.562. The molecule has 1 amide bonds. The SMILES string of the molecule is CC(=O)NCC(=O)O.CCCC[P+](CCCC)(CCCC)CCCC. The lowest BCUT2D eigenvalue weighted by Gasteiger charge is -2.28. The van der Waals surface area contributed by atoms with Crippen molar-refractivity contribution in [3.63, 3.8) is 0 Å². The summed E-state index contributed by atoms with van der Waals surface area (Å²) in [6, 6.07) is 0. The normalized spacial score (nSPS) is 10.8. The number of carbonyl (C=O) groups is 2. The number of rotatable bonds is 14. The van der Waals surface area contributed by atoms with Crippen molar-refractivity contribution in [2.45, 2.75) is 86.0 Å². The van der Waals surface area contributed by atoms with E-state index in [2.05, 4.69) is 33.0 Å². The minimum Gasteiger partial charge on any atom is -0.480 e. The maximum Gasteiger partial charge on any atom is 0.322 e. The molecule has 2 N–H and O–H groups in total. The average molecular weight is 377 g/mol. The van der Waals surface area contributed by atoms with E-state index < -0.39 is 13.2 Å². The second kappa shape index (κ2) is 18.2. The molecule has 150 valence electrons. The van der Waals surface area contributed by atoms with Crippen molar-refractivity contribution in [3.8, 4) is 0 Å². The van der Waals surface area contributed by atoms with Gasteiger partial charge >= 0.3 is 5.97 Å². The Morgan fingerprint density at radius 1 is 0.760 bits per heavy atom. The molecule has 0 unspecified atom stereocenters. The third-order valence-electron chi connectivity index (χ3n) is 4.43. The highest BCUT2D eigenvalue weighted by Crippen LogP contribution is 2.61. The highest BCUT2D eigenvalue weighted by atomic mass is 31.2. The summed E-state index contributed by atoms with van der Waals surface area (Å²) in [6.45, 7) is 10.4. The number of aliphatic carboxylic acids is 1. The number of carbonyl (C=O) groups excluding carboxylic acids is 1. The van der Waals surface area contributed by atoms with Crippen LogP contribution in [0.1, 0.15) is 86.0 Å². The summed E-state index contributed by atoms with van der Waals surface area (Å²) in [5, 5.41) is 10.1. The number of amides is 1. The van der Waals surface area contributed by atoms with E-state index in [-0.39, 0.29) is 12.5 Å². The first kappa shape index (κ1) is 26.6. The summed E-state index contributed by atoms with van der Waals surface area (Å²) in [5.41, 5.74) is 0. The predicted molar refractivity (Wildman–Crippen MR) is 112 cm³/mol. The lowest BCUT2D eigenvalue weighted by molar-refractivity contribution is -0.137. The highest BCUT2D eigenvalue weighted by Gasteiger charge is 2.34. The minimum absolute atomic E-state index is 0.296. The van der Waals surface area contributed by atoms with E-state index in [0.29, 0.717) is 0 Å². The number of hydrogen-bond acceptors (Lipinski definition) is 2. The predicted octanol–water partition coefficient (Wildman–Crippen LogP) is 5.41. The summed E-state index contributed by atoms with van der Waals surface area (Å²) in [5.74, 6) is -1.35. The van der Waals surface area contributed by atoms with Crippen LogP contribution in [0.3, 0.4) is 0 Å². The second-order valence-electron chi connectivity index (χ2n) is 6.95. The van der Waals surface area contributed by atoms with Crippen molar-refractivity contribution < 1.29 is 14.7 Å². The summed E-state index contributed by atoms with van der Waals surface area (Å²) >= 11 is 0. The van der Waals surface area contributed by atoms with Gasteiger partial charge in [0.2, 0.25) is 5.91 Å². The molecule has 0 saturated heterocycles. The summed E-state index contributed by atoms with van der Waals surface area (Å²) < 4.78 is 0. The van der Waals surface area contributed by atoms with Crippen molar-refractivity contribution in [1.82, 2.24) is 5.32 Å². The molecule has 0 aliphatic rings. The molecule has 0 rings (SSSR count). The van der Waals surface area contributed by atoms with E-state index in [1.54, 1.807) is 24.6 Å². The van der Waals surface area contributed by atoms with Gasteiger partial charge in [-0.15, -0.1) is 0 Å². The molecule has 0 radical (unpaired) electrons. The van der Waals surface area contributed by atoms with Crippen LogP contribution in [0.25, 0.3) is 0 Å². The van der Waals surface area contributed by atoms with E-state index >= 15 is 0 Å². The fourth-order valence-corrected chi connectivity index (χ4v) is 8.13. The number of carboxylic acids is 1. The van der Waals surface area contributed by atoms with Crippen LogP contribution in [0, 0.1) is 0 Å². The maximum absolute atomic E-state index is 9.97. The van der Waals surface area contributed by atoms with Crippen molar-refractivity contribution in [3.05, 3.63) is 0 Å². The fourth-order valence-electron chi connectivity index (χ4n) is 2.85. The van der Waals surface area contributed by atoms with Crippen LogP contribution in [0.15, 0.2) is 0 Å². The summed E-state index contributed by atoms with van der Waals surface area (Å²) in [4.78, 5) is 19.7. The third-order valence-corrected chi connectivity index (χ3v) is 9.49. The zero-order chi connectivity index (χ0) is 19.6. The Morgan fingerprint density at radius 3 is 1.24 bits per heavy atom. The minimum atomic E-state index is -1.03. The standard InChI is InChI=1S/C16H36P.C4H7NO3/c1-5-9-13-17(14-10-6-2,15-11-7-3)16-12-8-4;1-3(6)5-2-4(7)8/h5-16H2,1-4H3;2H2,1H3,(H,5,6)(H,7,8)/q+1;. The molecule has 25 heavy (non-hydrogen) atoms. The zero-order valence-corrected chi connectivity index (χ0v) is 18.3. The van der Waals surface area contributed by atoms with Crippen molar-refractivity contribution >= 4 is 19.1 Å². The van der Waals surface area contributed by atoms with Gasteiger partial charge in [-0.05, 0) is 25.7 Å². The van der Waals surface area contributed by atoms with E-state index in [1.165, 1.54) is 58.3 Å². The number of carboxylic acid groups (broad SMARTS) is 1. The molecule has 4 nitrogen and oxygen atoms in total.